The molecule has 0 aromatic heterocycles. The number of hydrogen-bond acceptors (Lipinski definition) is 4. The van der Waals surface area contributed by atoms with Crippen molar-refractivity contribution in [3.8, 4) is 11.1 Å². The van der Waals surface area contributed by atoms with Crippen LogP contribution >= 0.6 is 0 Å². The summed E-state index contributed by atoms with van der Waals surface area (Å²) in [5.41, 5.74) is 4.61. The SMILES string of the molecule is O=C(NCC(CC1CC1)C(=O)NC(CC1CC1)C(=O)O)OCC1c2ccccc2-c2ccccc21. The summed E-state index contributed by atoms with van der Waals surface area (Å²) < 4.78 is 5.59. The van der Waals surface area contributed by atoms with E-state index in [0.29, 0.717) is 24.7 Å². The van der Waals surface area contributed by atoms with Crippen LogP contribution in [-0.4, -0.2) is 42.3 Å². The van der Waals surface area contributed by atoms with Crippen molar-refractivity contribution in [3.63, 3.8) is 0 Å². The average molecular weight is 477 g/mol. The van der Waals surface area contributed by atoms with E-state index in [4.69, 9.17) is 4.74 Å². The van der Waals surface area contributed by atoms with Crippen molar-refractivity contribution < 1.29 is 24.2 Å². The van der Waals surface area contributed by atoms with Crippen LogP contribution in [0.5, 0.6) is 0 Å². The molecule has 0 aliphatic heterocycles. The highest BCUT2D eigenvalue weighted by Crippen LogP contribution is 2.44. The van der Waals surface area contributed by atoms with Crippen molar-refractivity contribution in [1.82, 2.24) is 10.6 Å². The number of amides is 2. The van der Waals surface area contributed by atoms with Gasteiger partial charge in [-0.05, 0) is 46.9 Å². The van der Waals surface area contributed by atoms with Crippen molar-refractivity contribution in [2.24, 2.45) is 17.8 Å². The van der Waals surface area contributed by atoms with Crippen LogP contribution in [0.25, 0.3) is 11.1 Å². The molecule has 0 radical (unpaired) electrons. The van der Waals surface area contributed by atoms with Crippen molar-refractivity contribution >= 4 is 18.0 Å². The van der Waals surface area contributed by atoms with Crippen LogP contribution in [-0.2, 0) is 14.3 Å². The number of ether oxygens (including phenoxy) is 1. The van der Waals surface area contributed by atoms with Gasteiger partial charge in [-0.3, -0.25) is 4.79 Å². The zero-order chi connectivity index (χ0) is 24.4. The van der Waals surface area contributed by atoms with Gasteiger partial charge in [0.1, 0.15) is 12.6 Å². The minimum atomic E-state index is -1.00. The highest BCUT2D eigenvalue weighted by molar-refractivity contribution is 5.85. The molecular weight excluding hydrogens is 444 g/mol. The summed E-state index contributed by atoms with van der Waals surface area (Å²) >= 11 is 0. The summed E-state index contributed by atoms with van der Waals surface area (Å²) in [5.74, 6) is -0.954. The molecule has 2 aromatic rings. The van der Waals surface area contributed by atoms with E-state index in [9.17, 15) is 19.5 Å². The zero-order valence-corrected chi connectivity index (χ0v) is 19.7. The number of fused-ring (bicyclic) bond motifs is 3. The lowest BCUT2D eigenvalue weighted by Crippen LogP contribution is -2.46. The maximum absolute atomic E-state index is 12.9. The van der Waals surface area contributed by atoms with Gasteiger partial charge in [0.2, 0.25) is 5.91 Å². The number of carboxylic acid groups (broad SMARTS) is 1. The standard InChI is InChI=1S/C28H32N2O5/c31-26(30-25(27(32)33)14-18-11-12-18)19(13-17-9-10-17)15-29-28(34)35-16-24-22-7-3-1-5-20(22)21-6-2-4-8-23(21)24/h1-8,17-19,24-25H,9-16H2,(H,29,34)(H,30,31)(H,32,33). The van der Waals surface area contributed by atoms with Gasteiger partial charge in [-0.2, -0.15) is 0 Å². The van der Waals surface area contributed by atoms with Crippen LogP contribution in [0, 0.1) is 17.8 Å². The predicted octanol–water partition coefficient (Wildman–Crippen LogP) is 4.31. The second-order valence-electron chi connectivity index (χ2n) is 10.2. The fraction of sp³-hybridized carbons (Fsp3) is 0.464. The third kappa shape index (κ3) is 5.66. The van der Waals surface area contributed by atoms with Crippen LogP contribution < -0.4 is 10.6 Å². The maximum atomic E-state index is 12.9. The second kappa shape index (κ2) is 10.1. The van der Waals surface area contributed by atoms with Gasteiger partial charge in [-0.1, -0.05) is 74.2 Å². The van der Waals surface area contributed by atoms with E-state index >= 15 is 0 Å². The molecule has 3 aliphatic carbocycles. The highest BCUT2D eigenvalue weighted by Gasteiger charge is 2.34. The summed E-state index contributed by atoms with van der Waals surface area (Å²) in [6.45, 7) is 0.344. The molecule has 3 aliphatic rings. The molecule has 0 heterocycles. The summed E-state index contributed by atoms with van der Waals surface area (Å²) in [6, 6.07) is 15.4. The first-order valence-corrected chi connectivity index (χ1v) is 12.6. The molecule has 5 rings (SSSR count). The van der Waals surface area contributed by atoms with Crippen LogP contribution in [0.3, 0.4) is 0 Å². The number of benzene rings is 2. The number of carbonyl (C=O) groups excluding carboxylic acids is 2. The number of rotatable bonds is 11. The lowest BCUT2D eigenvalue weighted by atomic mass is 9.98. The molecule has 2 saturated carbocycles. The van der Waals surface area contributed by atoms with Gasteiger partial charge in [0, 0.05) is 12.5 Å². The monoisotopic (exact) mass is 476 g/mol. The number of carboxylic acids is 1. The Hall–Kier alpha value is -3.35. The van der Waals surface area contributed by atoms with Gasteiger partial charge in [-0.15, -0.1) is 0 Å². The molecule has 2 aromatic carbocycles. The van der Waals surface area contributed by atoms with Crippen molar-refractivity contribution in [3.05, 3.63) is 59.7 Å². The smallest absolute Gasteiger partial charge is 0.407 e. The van der Waals surface area contributed by atoms with E-state index in [1.165, 1.54) is 0 Å². The Kier molecular flexibility index (Phi) is 6.75. The van der Waals surface area contributed by atoms with E-state index in [0.717, 1.165) is 47.9 Å². The van der Waals surface area contributed by atoms with Gasteiger partial charge in [0.15, 0.2) is 0 Å². The van der Waals surface area contributed by atoms with Crippen LogP contribution in [0.15, 0.2) is 48.5 Å². The molecule has 7 nitrogen and oxygen atoms in total. The van der Waals surface area contributed by atoms with Crippen LogP contribution in [0.2, 0.25) is 0 Å². The van der Waals surface area contributed by atoms with Gasteiger partial charge < -0.3 is 20.5 Å². The molecular formula is C28H32N2O5. The predicted molar refractivity (Wildman–Crippen MR) is 131 cm³/mol. The Bertz CT molecular complexity index is 1060. The summed E-state index contributed by atoms with van der Waals surface area (Å²) in [7, 11) is 0. The van der Waals surface area contributed by atoms with Crippen molar-refractivity contribution in [2.75, 3.05) is 13.2 Å². The van der Waals surface area contributed by atoms with E-state index < -0.39 is 24.0 Å². The Morgan fingerprint density at radius 3 is 2.03 bits per heavy atom. The fourth-order valence-corrected chi connectivity index (χ4v) is 5.09. The molecule has 35 heavy (non-hydrogen) atoms. The lowest BCUT2D eigenvalue weighted by Gasteiger charge is -2.21. The number of aliphatic carboxylic acids is 1. The van der Waals surface area contributed by atoms with Gasteiger partial charge in [0.25, 0.3) is 0 Å². The number of nitrogens with one attached hydrogen (secondary N) is 2. The molecule has 2 unspecified atom stereocenters. The fourth-order valence-electron chi connectivity index (χ4n) is 5.09. The summed E-state index contributed by atoms with van der Waals surface area (Å²) in [5, 5.41) is 15.0. The Labute approximate surface area is 205 Å². The molecule has 7 heteroatoms. The first-order chi connectivity index (χ1) is 17.0. The number of carbonyl (C=O) groups is 3. The second-order valence-corrected chi connectivity index (χ2v) is 10.2. The molecule has 2 amide bonds. The number of hydrogen-bond donors (Lipinski definition) is 3. The quantitative estimate of drug-likeness (QED) is 0.448. The lowest BCUT2D eigenvalue weighted by molar-refractivity contribution is -0.142. The molecule has 0 spiro atoms. The topological polar surface area (TPSA) is 105 Å². The van der Waals surface area contributed by atoms with Crippen LogP contribution in [0.1, 0.15) is 55.6 Å². The van der Waals surface area contributed by atoms with Crippen molar-refractivity contribution in [1.29, 1.82) is 0 Å². The Morgan fingerprint density at radius 1 is 0.886 bits per heavy atom. The average Bonchev–Trinajstić information content (AvgIpc) is 3.79. The third-order valence-corrected chi connectivity index (χ3v) is 7.40. The summed E-state index contributed by atoms with van der Waals surface area (Å²) in [4.78, 5) is 37.1. The molecule has 2 atom stereocenters. The maximum Gasteiger partial charge on any atom is 0.407 e. The van der Waals surface area contributed by atoms with E-state index in [2.05, 4.69) is 34.9 Å². The highest BCUT2D eigenvalue weighted by atomic mass is 16.5. The summed E-state index contributed by atoms with van der Waals surface area (Å²) in [6.07, 6.45) is 4.73. The minimum absolute atomic E-state index is 0.0301. The van der Waals surface area contributed by atoms with Crippen LogP contribution in [0.4, 0.5) is 4.79 Å². The third-order valence-electron chi connectivity index (χ3n) is 7.40. The number of alkyl carbamates (subject to hydrolysis) is 1. The van der Waals surface area contributed by atoms with Gasteiger partial charge in [0.05, 0.1) is 5.92 Å². The zero-order valence-electron chi connectivity index (χ0n) is 19.7. The molecule has 0 bridgehead atoms. The first-order valence-electron chi connectivity index (χ1n) is 12.6. The van der Waals surface area contributed by atoms with Gasteiger partial charge in [-0.25, -0.2) is 9.59 Å². The molecule has 0 saturated heterocycles. The molecule has 2 fully saturated rings. The van der Waals surface area contributed by atoms with Gasteiger partial charge >= 0.3 is 12.1 Å². The first kappa shape index (κ1) is 23.4. The van der Waals surface area contributed by atoms with E-state index in [-0.39, 0.29) is 25.0 Å². The molecule has 184 valence electrons. The Balaban J connectivity index is 1.17. The largest absolute Gasteiger partial charge is 0.480 e. The Morgan fingerprint density at radius 2 is 1.46 bits per heavy atom. The van der Waals surface area contributed by atoms with E-state index in [1.54, 1.807) is 0 Å². The minimum Gasteiger partial charge on any atom is -0.480 e. The normalized spacial score (nSPS) is 18.2. The van der Waals surface area contributed by atoms with Crippen molar-refractivity contribution in [2.45, 2.75) is 50.5 Å². The van der Waals surface area contributed by atoms with E-state index in [1.807, 2.05) is 24.3 Å². The molecule has 3 N–H and O–H groups in total.